The quantitative estimate of drug-likeness (QED) is 0.321. The van der Waals surface area contributed by atoms with Crippen LogP contribution in [0.5, 0.6) is 5.75 Å². The van der Waals surface area contributed by atoms with Crippen molar-refractivity contribution < 1.29 is 27.8 Å². The van der Waals surface area contributed by atoms with Crippen LogP contribution in [0, 0.1) is 0 Å². The van der Waals surface area contributed by atoms with Crippen LogP contribution in [-0.2, 0) is 16.1 Å². The number of nitrogens with zero attached hydrogens (tertiary/aromatic N) is 7. The van der Waals surface area contributed by atoms with Gasteiger partial charge in [-0.15, -0.1) is 0 Å². The van der Waals surface area contributed by atoms with Gasteiger partial charge in [0.1, 0.15) is 23.6 Å². The lowest BCUT2D eigenvalue weighted by Crippen LogP contribution is -2.50. The molecular weight excluding hydrogens is 586 g/mol. The summed E-state index contributed by atoms with van der Waals surface area (Å²) in [5, 5.41) is 11.7. The second-order valence-corrected chi connectivity index (χ2v) is 10.7. The van der Waals surface area contributed by atoms with Crippen molar-refractivity contribution >= 4 is 34.7 Å². The highest BCUT2D eigenvalue weighted by atomic mass is 35.5. The van der Waals surface area contributed by atoms with Crippen molar-refractivity contribution in [3.05, 3.63) is 59.6 Å². The van der Waals surface area contributed by atoms with Crippen molar-refractivity contribution in [3.63, 3.8) is 0 Å². The van der Waals surface area contributed by atoms with Crippen molar-refractivity contribution in [2.75, 3.05) is 44.7 Å². The summed E-state index contributed by atoms with van der Waals surface area (Å²) in [6.07, 6.45) is 7.77. The van der Waals surface area contributed by atoms with Gasteiger partial charge < -0.3 is 19.7 Å². The number of halogens is 3. The first kappa shape index (κ1) is 29.0. The van der Waals surface area contributed by atoms with Gasteiger partial charge in [0.15, 0.2) is 5.65 Å². The van der Waals surface area contributed by atoms with Crippen LogP contribution in [0.2, 0.25) is 5.02 Å². The summed E-state index contributed by atoms with van der Waals surface area (Å²) in [6.45, 7) is 1.25. The summed E-state index contributed by atoms with van der Waals surface area (Å²) in [5.41, 5.74) is 0.914. The zero-order valence-electron chi connectivity index (χ0n) is 23.0. The van der Waals surface area contributed by atoms with Crippen LogP contribution < -0.4 is 10.1 Å². The van der Waals surface area contributed by atoms with E-state index in [1.165, 1.54) is 46.0 Å². The number of hydrogen-bond acceptors (Lipinski definition) is 8. The van der Waals surface area contributed by atoms with E-state index in [0.717, 1.165) is 39.1 Å². The molecule has 15 heteroatoms. The molecule has 1 N–H and O–H groups in total. The van der Waals surface area contributed by atoms with Gasteiger partial charge in [-0.1, -0.05) is 11.6 Å². The Labute approximate surface area is 250 Å². The Morgan fingerprint density at radius 2 is 1.95 bits per heavy atom. The van der Waals surface area contributed by atoms with E-state index in [0.29, 0.717) is 24.8 Å². The lowest BCUT2D eigenvalue weighted by atomic mass is 10.0. The second kappa shape index (κ2) is 12.6. The monoisotopic (exact) mass is 614 g/mol. The van der Waals surface area contributed by atoms with Gasteiger partial charge in [0.2, 0.25) is 5.91 Å². The molecule has 3 aromatic heterocycles. The second-order valence-electron chi connectivity index (χ2n) is 10.3. The largest absolute Gasteiger partial charge is 0.434 e. The zero-order valence-corrected chi connectivity index (χ0v) is 23.8. The maximum atomic E-state index is 13.3. The molecular formula is C28H29ClF2N8O4. The minimum atomic E-state index is -3.10. The molecule has 1 aromatic carbocycles. The average molecular weight is 615 g/mol. The number of likely N-dealkylation sites (tertiary alicyclic amines) is 1. The van der Waals surface area contributed by atoms with Gasteiger partial charge in [-0.2, -0.15) is 19.0 Å². The van der Waals surface area contributed by atoms with Crippen molar-refractivity contribution in [2.24, 2.45) is 0 Å². The SMILES string of the molecule is O=C(Nc1cn(CC(=O)N2CCC(N3CCOCC3)CC2)nc1-c1cc(Cl)ccc1OC(F)F)c1cnn2cccnc12. The number of fused-ring (bicyclic) bond motifs is 1. The van der Waals surface area contributed by atoms with Crippen LogP contribution in [0.25, 0.3) is 16.9 Å². The molecule has 0 saturated carbocycles. The molecule has 43 heavy (non-hydrogen) atoms. The summed E-state index contributed by atoms with van der Waals surface area (Å²) >= 11 is 6.21. The Kier molecular flexibility index (Phi) is 8.49. The maximum Gasteiger partial charge on any atom is 0.387 e. The first-order chi connectivity index (χ1) is 20.9. The Hall–Kier alpha value is -4.14. The number of carbonyl (C=O) groups excluding carboxylic acids is 2. The molecule has 6 rings (SSSR count). The normalized spacial score (nSPS) is 16.6. The zero-order chi connectivity index (χ0) is 29.9. The number of morpholine rings is 1. The molecule has 0 spiro atoms. The molecule has 0 unspecified atom stereocenters. The third kappa shape index (κ3) is 6.45. The predicted octanol–water partition coefficient (Wildman–Crippen LogP) is 3.42. The van der Waals surface area contributed by atoms with Crippen molar-refractivity contribution in [1.82, 2.24) is 34.2 Å². The van der Waals surface area contributed by atoms with Crippen LogP contribution in [0.4, 0.5) is 14.5 Å². The summed E-state index contributed by atoms with van der Waals surface area (Å²) in [4.78, 5) is 35.1. The Bertz CT molecular complexity index is 1620. The predicted molar refractivity (Wildman–Crippen MR) is 152 cm³/mol. The fraction of sp³-hybridized carbons (Fsp3) is 0.393. The minimum Gasteiger partial charge on any atom is -0.434 e. The van der Waals surface area contributed by atoms with E-state index in [1.54, 1.807) is 17.2 Å². The highest BCUT2D eigenvalue weighted by molar-refractivity contribution is 6.31. The number of hydrogen-bond donors (Lipinski definition) is 1. The third-order valence-electron chi connectivity index (χ3n) is 7.62. The minimum absolute atomic E-state index is 0.106. The van der Waals surface area contributed by atoms with Gasteiger partial charge >= 0.3 is 6.61 Å². The van der Waals surface area contributed by atoms with E-state index in [1.807, 2.05) is 0 Å². The number of benzene rings is 1. The van der Waals surface area contributed by atoms with Crippen molar-refractivity contribution in [1.29, 1.82) is 0 Å². The summed E-state index contributed by atoms with van der Waals surface area (Å²) in [5.74, 6) is -0.881. The summed E-state index contributed by atoms with van der Waals surface area (Å²) in [6, 6.07) is 6.21. The summed E-state index contributed by atoms with van der Waals surface area (Å²) in [7, 11) is 0. The highest BCUT2D eigenvalue weighted by Crippen LogP contribution is 2.37. The molecule has 226 valence electrons. The number of rotatable bonds is 8. The molecule has 2 saturated heterocycles. The molecule has 2 amide bonds. The molecule has 0 radical (unpaired) electrons. The lowest BCUT2D eigenvalue weighted by Gasteiger charge is -2.40. The van der Waals surface area contributed by atoms with Crippen LogP contribution in [0.3, 0.4) is 0 Å². The number of ether oxygens (including phenoxy) is 2. The Morgan fingerprint density at radius 3 is 2.72 bits per heavy atom. The maximum absolute atomic E-state index is 13.3. The van der Waals surface area contributed by atoms with Gasteiger partial charge in [-0.3, -0.25) is 19.2 Å². The van der Waals surface area contributed by atoms with E-state index < -0.39 is 12.5 Å². The van der Waals surface area contributed by atoms with Gasteiger partial charge in [-0.05, 0) is 37.1 Å². The molecule has 2 aliphatic heterocycles. The van der Waals surface area contributed by atoms with E-state index in [2.05, 4.69) is 25.4 Å². The van der Waals surface area contributed by atoms with Crippen LogP contribution >= 0.6 is 11.6 Å². The van der Waals surface area contributed by atoms with Crippen LogP contribution in [0.15, 0.2) is 49.1 Å². The molecule has 4 aromatic rings. The first-order valence-electron chi connectivity index (χ1n) is 13.9. The van der Waals surface area contributed by atoms with Gasteiger partial charge in [-0.25, -0.2) is 9.50 Å². The molecule has 5 heterocycles. The van der Waals surface area contributed by atoms with Gasteiger partial charge in [0, 0.05) is 61.4 Å². The molecule has 2 fully saturated rings. The van der Waals surface area contributed by atoms with E-state index in [4.69, 9.17) is 21.1 Å². The number of carbonyl (C=O) groups is 2. The van der Waals surface area contributed by atoms with Crippen LogP contribution in [-0.4, -0.2) is 98.0 Å². The molecule has 0 bridgehead atoms. The molecule has 0 aliphatic carbocycles. The summed E-state index contributed by atoms with van der Waals surface area (Å²) < 4.78 is 39.5. The van der Waals surface area contributed by atoms with Crippen molar-refractivity contribution in [2.45, 2.75) is 32.0 Å². The van der Waals surface area contributed by atoms with Gasteiger partial charge in [0.25, 0.3) is 5.91 Å². The molecule has 2 aliphatic rings. The van der Waals surface area contributed by atoms with Gasteiger partial charge in [0.05, 0.1) is 25.1 Å². The number of aromatic nitrogens is 5. The lowest BCUT2D eigenvalue weighted by molar-refractivity contribution is -0.133. The smallest absolute Gasteiger partial charge is 0.387 e. The molecule has 12 nitrogen and oxygen atoms in total. The average Bonchev–Trinajstić information content (AvgIpc) is 3.62. The number of piperidine rings is 1. The van der Waals surface area contributed by atoms with E-state index in [9.17, 15) is 18.4 Å². The van der Waals surface area contributed by atoms with E-state index >= 15 is 0 Å². The number of amides is 2. The Balaban J connectivity index is 1.25. The topological polar surface area (TPSA) is 119 Å². The fourth-order valence-electron chi connectivity index (χ4n) is 5.52. The Morgan fingerprint density at radius 1 is 1.16 bits per heavy atom. The van der Waals surface area contributed by atoms with Crippen molar-refractivity contribution in [3.8, 4) is 17.0 Å². The van der Waals surface area contributed by atoms with E-state index in [-0.39, 0.29) is 45.7 Å². The first-order valence-corrected chi connectivity index (χ1v) is 14.2. The fourth-order valence-corrected chi connectivity index (χ4v) is 5.69. The molecule has 0 atom stereocenters. The number of anilines is 1. The standard InChI is InChI=1S/C28H29ClF2N8O4/c29-18-2-3-23(43-28(30)31)20(14-18)25-22(34-27(41)21-15-33-39-7-1-6-32-26(21)39)16-38(35-25)17-24(40)37-8-4-19(5-9-37)36-10-12-42-13-11-36/h1-3,6-7,14-16,19,28H,4-5,8-13,17H2,(H,34,41). The third-order valence-corrected chi connectivity index (χ3v) is 7.86. The number of nitrogens with one attached hydrogen (secondary N) is 1. The van der Waals surface area contributed by atoms with Crippen LogP contribution in [0.1, 0.15) is 23.2 Å². The number of alkyl halides is 2. The highest BCUT2D eigenvalue weighted by Gasteiger charge is 2.29.